The Balaban J connectivity index is 1.55. The van der Waals surface area contributed by atoms with Gasteiger partial charge in [0, 0.05) is 43.3 Å². The standard InChI is InChI=1S/C25H30FN3O2/c1-31-22-9-8-20-13-21(15-27-11-10-19-6-2-3-7-23(19)26)25(28-24(20)14-22)29-12-4-5-18(16-29)17-30/h2-3,6-9,13-14,18,27,30H,4-5,10-12,15-17H2,1H3. The van der Waals surface area contributed by atoms with Crippen LogP contribution in [0.1, 0.15) is 24.0 Å². The van der Waals surface area contributed by atoms with Crippen LogP contribution in [0.5, 0.6) is 5.75 Å². The third kappa shape index (κ3) is 5.14. The van der Waals surface area contributed by atoms with Crippen LogP contribution in [0.2, 0.25) is 0 Å². The maximum Gasteiger partial charge on any atom is 0.133 e. The zero-order chi connectivity index (χ0) is 21.6. The van der Waals surface area contributed by atoms with Crippen molar-refractivity contribution < 1.29 is 14.2 Å². The molecule has 1 aliphatic heterocycles. The van der Waals surface area contributed by atoms with E-state index in [2.05, 4.69) is 16.3 Å². The number of piperidine rings is 1. The summed E-state index contributed by atoms with van der Waals surface area (Å²) in [5.41, 5.74) is 2.74. The number of ether oxygens (including phenoxy) is 1. The highest BCUT2D eigenvalue weighted by atomic mass is 19.1. The van der Waals surface area contributed by atoms with Gasteiger partial charge in [-0.15, -0.1) is 0 Å². The Kier molecular flexibility index (Phi) is 6.99. The minimum absolute atomic E-state index is 0.158. The molecular weight excluding hydrogens is 393 g/mol. The Morgan fingerprint density at radius 2 is 2.06 bits per heavy atom. The number of methoxy groups -OCH3 is 1. The molecule has 6 heteroatoms. The Hall–Kier alpha value is -2.70. The van der Waals surface area contributed by atoms with Gasteiger partial charge in [-0.2, -0.15) is 0 Å². The lowest BCUT2D eigenvalue weighted by Crippen LogP contribution is -2.38. The zero-order valence-corrected chi connectivity index (χ0v) is 18.0. The Bertz CT molecular complexity index is 1030. The topological polar surface area (TPSA) is 57.6 Å². The number of aliphatic hydroxyl groups is 1. The second-order valence-electron chi connectivity index (χ2n) is 8.18. The summed E-state index contributed by atoms with van der Waals surface area (Å²) in [6.07, 6.45) is 2.73. The first-order valence-corrected chi connectivity index (χ1v) is 11.0. The summed E-state index contributed by atoms with van der Waals surface area (Å²) in [5, 5.41) is 14.2. The summed E-state index contributed by atoms with van der Waals surface area (Å²) in [6.45, 7) is 3.27. The fraction of sp³-hybridized carbons (Fsp3) is 0.400. The SMILES string of the molecule is COc1ccc2cc(CNCCc3ccccc3F)c(N3CCCC(CO)C3)nc2c1. The van der Waals surface area contributed by atoms with Gasteiger partial charge in [0.2, 0.25) is 0 Å². The van der Waals surface area contributed by atoms with Crippen LogP contribution >= 0.6 is 0 Å². The Morgan fingerprint density at radius 1 is 1.19 bits per heavy atom. The molecule has 1 atom stereocenters. The van der Waals surface area contributed by atoms with Crippen LogP contribution in [0.4, 0.5) is 10.2 Å². The molecule has 1 aromatic heterocycles. The van der Waals surface area contributed by atoms with Crippen molar-refractivity contribution in [3.05, 3.63) is 65.5 Å². The molecule has 0 bridgehead atoms. The van der Waals surface area contributed by atoms with E-state index in [0.29, 0.717) is 19.5 Å². The maximum atomic E-state index is 13.9. The lowest BCUT2D eigenvalue weighted by Gasteiger charge is -2.34. The second kappa shape index (κ2) is 10.1. The predicted octanol–water partition coefficient (Wildman–Crippen LogP) is 3.92. The van der Waals surface area contributed by atoms with Gasteiger partial charge in [0.25, 0.3) is 0 Å². The fourth-order valence-electron chi connectivity index (χ4n) is 4.27. The van der Waals surface area contributed by atoms with Crippen molar-refractivity contribution in [3.63, 3.8) is 0 Å². The van der Waals surface area contributed by atoms with Crippen LogP contribution < -0.4 is 15.0 Å². The normalized spacial score (nSPS) is 16.6. The van der Waals surface area contributed by atoms with Gasteiger partial charge in [0.05, 0.1) is 12.6 Å². The molecule has 4 rings (SSSR count). The number of nitrogens with zero attached hydrogens (tertiary/aromatic N) is 2. The molecule has 2 aromatic carbocycles. The van der Waals surface area contributed by atoms with Crippen molar-refractivity contribution in [2.75, 3.05) is 38.3 Å². The Labute approximate surface area is 182 Å². The monoisotopic (exact) mass is 423 g/mol. The lowest BCUT2D eigenvalue weighted by molar-refractivity contribution is 0.208. The van der Waals surface area contributed by atoms with Gasteiger partial charge < -0.3 is 20.1 Å². The predicted molar refractivity (Wildman–Crippen MR) is 122 cm³/mol. The van der Waals surface area contributed by atoms with E-state index in [-0.39, 0.29) is 18.3 Å². The average Bonchev–Trinajstić information content (AvgIpc) is 2.82. The van der Waals surface area contributed by atoms with Crippen molar-refractivity contribution in [3.8, 4) is 5.75 Å². The second-order valence-corrected chi connectivity index (χ2v) is 8.18. The van der Waals surface area contributed by atoms with Crippen molar-refractivity contribution in [2.45, 2.75) is 25.8 Å². The van der Waals surface area contributed by atoms with E-state index in [1.807, 2.05) is 30.3 Å². The number of fused-ring (bicyclic) bond motifs is 1. The molecule has 1 fully saturated rings. The number of nitrogens with one attached hydrogen (secondary N) is 1. The summed E-state index contributed by atoms with van der Waals surface area (Å²) in [5.74, 6) is 1.86. The lowest BCUT2D eigenvalue weighted by atomic mass is 9.98. The molecule has 3 aromatic rings. The molecule has 164 valence electrons. The summed E-state index contributed by atoms with van der Waals surface area (Å²) in [6, 6.07) is 15.0. The van der Waals surface area contributed by atoms with E-state index in [1.54, 1.807) is 13.2 Å². The number of rotatable bonds is 8. The number of anilines is 1. The summed E-state index contributed by atoms with van der Waals surface area (Å²) in [7, 11) is 1.66. The average molecular weight is 424 g/mol. The molecule has 1 aliphatic rings. The summed E-state index contributed by atoms with van der Waals surface area (Å²) < 4.78 is 19.3. The van der Waals surface area contributed by atoms with Gasteiger partial charge in [-0.1, -0.05) is 18.2 Å². The molecule has 5 nitrogen and oxygen atoms in total. The minimum atomic E-state index is -0.158. The smallest absolute Gasteiger partial charge is 0.133 e. The molecule has 2 N–H and O–H groups in total. The van der Waals surface area contributed by atoms with E-state index in [9.17, 15) is 9.50 Å². The molecule has 0 aliphatic carbocycles. The highest BCUT2D eigenvalue weighted by Gasteiger charge is 2.23. The summed E-state index contributed by atoms with van der Waals surface area (Å²) >= 11 is 0. The highest BCUT2D eigenvalue weighted by molar-refractivity contribution is 5.83. The van der Waals surface area contributed by atoms with Crippen molar-refractivity contribution >= 4 is 16.7 Å². The first kappa shape index (κ1) is 21.5. The molecule has 0 radical (unpaired) electrons. The zero-order valence-electron chi connectivity index (χ0n) is 18.0. The van der Waals surface area contributed by atoms with Gasteiger partial charge in [-0.3, -0.25) is 0 Å². The number of benzene rings is 2. The van der Waals surface area contributed by atoms with Crippen LogP contribution in [0.25, 0.3) is 10.9 Å². The molecule has 0 saturated carbocycles. The van der Waals surface area contributed by atoms with E-state index < -0.39 is 0 Å². The quantitative estimate of drug-likeness (QED) is 0.538. The van der Waals surface area contributed by atoms with Crippen molar-refractivity contribution in [1.29, 1.82) is 0 Å². The molecule has 2 heterocycles. The van der Waals surface area contributed by atoms with Gasteiger partial charge >= 0.3 is 0 Å². The highest BCUT2D eigenvalue weighted by Crippen LogP contribution is 2.29. The molecule has 1 unspecified atom stereocenters. The Morgan fingerprint density at radius 3 is 2.87 bits per heavy atom. The summed E-state index contributed by atoms with van der Waals surface area (Å²) in [4.78, 5) is 7.28. The number of halogens is 1. The van der Waals surface area contributed by atoms with E-state index in [4.69, 9.17) is 9.72 Å². The third-order valence-corrected chi connectivity index (χ3v) is 6.00. The van der Waals surface area contributed by atoms with Crippen LogP contribution in [0, 0.1) is 11.7 Å². The van der Waals surface area contributed by atoms with E-state index in [1.165, 1.54) is 6.07 Å². The first-order chi connectivity index (χ1) is 15.2. The molecular formula is C25H30FN3O2. The van der Waals surface area contributed by atoms with E-state index in [0.717, 1.165) is 59.5 Å². The van der Waals surface area contributed by atoms with Gasteiger partial charge in [0.1, 0.15) is 17.4 Å². The minimum Gasteiger partial charge on any atom is -0.497 e. The largest absolute Gasteiger partial charge is 0.497 e. The van der Waals surface area contributed by atoms with Crippen LogP contribution in [-0.4, -0.2) is 43.4 Å². The van der Waals surface area contributed by atoms with Crippen LogP contribution in [0.15, 0.2) is 48.5 Å². The first-order valence-electron chi connectivity index (χ1n) is 11.0. The molecule has 31 heavy (non-hydrogen) atoms. The maximum absolute atomic E-state index is 13.9. The number of aliphatic hydroxyl groups excluding tert-OH is 1. The van der Waals surface area contributed by atoms with Crippen LogP contribution in [0.3, 0.4) is 0 Å². The van der Waals surface area contributed by atoms with Gasteiger partial charge in [0.15, 0.2) is 0 Å². The number of aromatic nitrogens is 1. The third-order valence-electron chi connectivity index (χ3n) is 6.00. The molecule has 0 spiro atoms. The molecule has 0 amide bonds. The van der Waals surface area contributed by atoms with E-state index >= 15 is 0 Å². The van der Waals surface area contributed by atoms with Gasteiger partial charge in [-0.05, 0) is 61.6 Å². The van der Waals surface area contributed by atoms with Crippen molar-refractivity contribution in [1.82, 2.24) is 10.3 Å². The number of hydrogen-bond donors (Lipinski definition) is 2. The number of hydrogen-bond acceptors (Lipinski definition) is 5. The van der Waals surface area contributed by atoms with Gasteiger partial charge in [-0.25, -0.2) is 9.37 Å². The molecule has 1 saturated heterocycles. The van der Waals surface area contributed by atoms with Crippen LogP contribution in [-0.2, 0) is 13.0 Å². The number of pyridine rings is 1. The fourth-order valence-corrected chi connectivity index (χ4v) is 4.27. The van der Waals surface area contributed by atoms with Crippen molar-refractivity contribution in [2.24, 2.45) is 5.92 Å².